The molecule has 0 saturated carbocycles. The summed E-state index contributed by atoms with van der Waals surface area (Å²) in [5, 5.41) is 6.21. The largest absolute Gasteiger partial charge is 0.286 e. The third-order valence-corrected chi connectivity index (χ3v) is 6.72. The number of nitrogens with one attached hydrogen (secondary N) is 1. The molecule has 0 aliphatic carbocycles. The minimum Gasteiger partial charge on any atom is -0.286 e. The SMILES string of the molecule is C1=CN(B(N2CCC[N-]2)N2CCC[N-]2)[N-]C1.C1C[N-]N(B(N2CCC[N-]2)N2CCC[N-]2)C1.[Cl][Bi].c1cn[nH]c1. The maximum Gasteiger partial charge on any atom is 0.0487 e. The molecule has 6 aliphatic rings. The first-order valence-electron chi connectivity index (χ1n) is 13.8. The van der Waals surface area contributed by atoms with Crippen LogP contribution in [0.5, 0.6) is 0 Å². The van der Waals surface area contributed by atoms with Crippen LogP contribution in [0, 0.1) is 0 Å². The Morgan fingerprint density at radius 2 is 1.08 bits per heavy atom. The van der Waals surface area contributed by atoms with E-state index in [4.69, 9.17) is 8.51 Å². The molecule has 1 aromatic rings. The molecule has 2 radical (unpaired) electrons. The topological polar surface area (TPSA) is 133 Å². The van der Waals surface area contributed by atoms with Gasteiger partial charge in [-0.2, -0.15) is 5.10 Å². The van der Waals surface area contributed by atoms with Gasteiger partial charge in [0.15, 0.2) is 0 Å². The van der Waals surface area contributed by atoms with Crippen molar-refractivity contribution in [3.63, 3.8) is 0 Å². The van der Waals surface area contributed by atoms with E-state index >= 15 is 0 Å². The Kier molecular flexibility index (Phi) is 14.7. The average Bonchev–Trinajstić information content (AvgIpc) is 3.83. The zero-order valence-corrected chi connectivity index (χ0v) is 26.7. The average molecular weight is 753 g/mol. The van der Waals surface area contributed by atoms with Crippen molar-refractivity contribution >= 4 is 46.3 Å². The molecule has 0 unspecified atom stereocenters. The van der Waals surface area contributed by atoms with Gasteiger partial charge in [0, 0.05) is 12.4 Å². The van der Waals surface area contributed by atoms with Crippen molar-refractivity contribution in [2.75, 3.05) is 72.0 Å². The fraction of sp³-hybridized carbons (Fsp3) is 0.762. The first-order valence-corrected chi connectivity index (χ1v) is 18.1. The van der Waals surface area contributed by atoms with Crippen molar-refractivity contribution in [1.82, 2.24) is 39.7 Å². The van der Waals surface area contributed by atoms with Gasteiger partial charge >= 0.3 is 46.3 Å². The number of nitrogens with zero attached hydrogens (tertiary/aromatic N) is 13. The predicted octanol–water partition coefficient (Wildman–Crippen LogP) is 2.75. The Morgan fingerprint density at radius 1 is 0.641 bits per heavy atom. The summed E-state index contributed by atoms with van der Waals surface area (Å²) in [5.74, 6) is 0. The van der Waals surface area contributed by atoms with E-state index in [1.165, 1.54) is 0 Å². The van der Waals surface area contributed by atoms with Gasteiger partial charge in [-0.15, -0.1) is 39.3 Å². The van der Waals surface area contributed by atoms with E-state index in [-0.39, 0.29) is 14.2 Å². The molecular weight excluding hydrogens is 714 g/mol. The third kappa shape index (κ3) is 9.57. The van der Waals surface area contributed by atoms with E-state index < -0.39 is 0 Å². The Hall–Kier alpha value is -0.387. The van der Waals surface area contributed by atoms with Gasteiger partial charge in [-0.1, -0.05) is 38.2 Å². The standard InChI is InChI=1S/C9H18BN6.C9H16BN6.C3H4N2.Bi.ClH/c2*1-4-11-14(7-1)10(15-8-2-5-12-15)16-9-3-6-13-16;1-2-4-5-3-1;;/h1-9H2;1,7H,2-6,8-9H2;1-3H,(H,4,5);;1H/q2*-3;;+1;/p-1. The molecule has 39 heavy (non-hydrogen) atoms. The molecular formula is C21H38B2BiClN14-6. The second-order valence-corrected chi connectivity index (χ2v) is 9.46. The smallest absolute Gasteiger partial charge is 0.0487 e. The molecule has 1 N–H and O–H groups in total. The van der Waals surface area contributed by atoms with Crippen molar-refractivity contribution in [3.05, 3.63) is 63.3 Å². The quantitative estimate of drug-likeness (QED) is 0.443. The zero-order chi connectivity index (χ0) is 27.1. The van der Waals surface area contributed by atoms with Crippen LogP contribution in [-0.4, -0.2) is 149 Å². The molecule has 1 aromatic heterocycles. The predicted molar refractivity (Wildman–Crippen MR) is 159 cm³/mol. The third-order valence-electron chi connectivity index (χ3n) is 6.72. The molecule has 0 amide bonds. The molecule has 18 heteroatoms. The van der Waals surface area contributed by atoms with E-state index in [1.54, 1.807) is 12.4 Å². The van der Waals surface area contributed by atoms with Gasteiger partial charge in [-0.3, -0.25) is 5.10 Å². The molecule has 5 saturated heterocycles. The van der Waals surface area contributed by atoms with Crippen LogP contribution in [-0.2, 0) is 0 Å². The Morgan fingerprint density at radius 3 is 1.33 bits per heavy atom. The molecule has 7 heterocycles. The molecule has 0 bridgehead atoms. The Balaban J connectivity index is 0.000000146. The van der Waals surface area contributed by atoms with Crippen molar-refractivity contribution in [2.24, 2.45) is 0 Å². The van der Waals surface area contributed by atoms with E-state index in [9.17, 15) is 0 Å². The summed E-state index contributed by atoms with van der Waals surface area (Å²) in [6.07, 6.45) is 13.3. The van der Waals surface area contributed by atoms with Gasteiger partial charge < -0.3 is 62.1 Å². The maximum absolute atomic E-state index is 4.75. The van der Waals surface area contributed by atoms with Crippen LogP contribution in [0.4, 0.5) is 0 Å². The summed E-state index contributed by atoms with van der Waals surface area (Å²) in [6.45, 7) is 10.7. The summed E-state index contributed by atoms with van der Waals surface area (Å²) in [4.78, 5) is 12.7. The van der Waals surface area contributed by atoms with Crippen LogP contribution < -0.4 is 0 Å². The van der Waals surface area contributed by atoms with E-state index in [2.05, 4.69) is 73.4 Å². The van der Waals surface area contributed by atoms with Gasteiger partial charge in [0.05, 0.1) is 0 Å². The fourth-order valence-electron chi connectivity index (χ4n) is 5.05. The van der Waals surface area contributed by atoms with Crippen molar-refractivity contribution in [2.45, 2.75) is 32.1 Å². The first kappa shape index (κ1) is 31.5. The second-order valence-electron chi connectivity index (χ2n) is 9.46. The molecule has 0 aromatic carbocycles. The summed E-state index contributed by atoms with van der Waals surface area (Å²) in [6, 6.07) is 1.83. The number of hydrogen-bond acceptors (Lipinski definition) is 7. The number of aromatic amines is 1. The molecule has 6 aliphatic heterocycles. The van der Waals surface area contributed by atoms with Crippen LogP contribution >= 0.6 is 8.51 Å². The van der Waals surface area contributed by atoms with E-state index in [0.29, 0.717) is 0 Å². The molecule has 7 rings (SSSR count). The van der Waals surface area contributed by atoms with Crippen LogP contribution in [0.15, 0.2) is 30.7 Å². The van der Waals surface area contributed by atoms with Crippen molar-refractivity contribution in [3.8, 4) is 0 Å². The molecule has 14 nitrogen and oxygen atoms in total. The normalized spacial score (nSPS) is 24.3. The van der Waals surface area contributed by atoms with Gasteiger partial charge in [0.1, 0.15) is 0 Å². The van der Waals surface area contributed by atoms with Crippen LogP contribution in [0.25, 0.3) is 32.6 Å². The number of H-pyrrole nitrogens is 1. The number of rotatable bonds is 6. The maximum atomic E-state index is 4.75. The van der Waals surface area contributed by atoms with Crippen LogP contribution in [0.2, 0.25) is 0 Å². The number of aromatic nitrogens is 2. The van der Waals surface area contributed by atoms with Gasteiger partial charge in [0.25, 0.3) is 0 Å². The first-order chi connectivity index (χ1) is 19.4. The van der Waals surface area contributed by atoms with E-state index in [1.807, 2.05) is 17.2 Å². The number of halogens is 1. The van der Waals surface area contributed by atoms with Crippen molar-refractivity contribution in [1.29, 1.82) is 0 Å². The summed E-state index contributed by atoms with van der Waals surface area (Å²) < 4.78 is 0. The number of hydrogen-bond donors (Lipinski definition) is 1. The molecule has 0 spiro atoms. The van der Waals surface area contributed by atoms with Crippen LogP contribution in [0.3, 0.4) is 0 Å². The zero-order valence-electron chi connectivity index (χ0n) is 22.5. The van der Waals surface area contributed by atoms with Crippen LogP contribution in [0.1, 0.15) is 32.1 Å². The van der Waals surface area contributed by atoms with Crippen molar-refractivity contribution < 1.29 is 0 Å². The molecule has 0 atom stereocenters. The Bertz CT molecular complexity index is 699. The summed E-state index contributed by atoms with van der Waals surface area (Å²) in [5.41, 5.74) is 27.2. The minimum atomic E-state index is 0.0729. The Labute approximate surface area is 252 Å². The van der Waals surface area contributed by atoms with Gasteiger partial charge in [0.2, 0.25) is 0 Å². The molecule has 216 valence electrons. The van der Waals surface area contributed by atoms with Gasteiger partial charge in [-0.25, -0.2) is 0 Å². The van der Waals surface area contributed by atoms with Gasteiger partial charge in [-0.05, 0) is 45.0 Å². The minimum absolute atomic E-state index is 0.0729. The fourth-order valence-corrected chi connectivity index (χ4v) is 5.05. The summed E-state index contributed by atoms with van der Waals surface area (Å²) in [7, 11) is 4.98. The summed E-state index contributed by atoms with van der Waals surface area (Å²) >= 11 is 0.917. The second kappa shape index (κ2) is 18.2. The van der Waals surface area contributed by atoms with E-state index in [0.717, 1.165) is 128 Å². The molecule has 5 fully saturated rings. The monoisotopic (exact) mass is 752 g/mol.